The third-order valence-corrected chi connectivity index (χ3v) is 5.31. The molecule has 10 heteroatoms. The number of aryl methyl sites for hydroxylation is 1. The molecule has 0 aliphatic heterocycles. The van der Waals surface area contributed by atoms with Crippen LogP contribution in [0.2, 0.25) is 0 Å². The van der Waals surface area contributed by atoms with Gasteiger partial charge in [-0.1, -0.05) is 36.0 Å². The molecular weight excluding hydrogens is 367 g/mol. The van der Waals surface area contributed by atoms with E-state index in [1.54, 1.807) is 6.92 Å². The first-order valence-electron chi connectivity index (χ1n) is 8.10. The van der Waals surface area contributed by atoms with E-state index in [0.717, 1.165) is 36.6 Å². The topological polar surface area (TPSA) is 85.8 Å². The molecule has 3 rings (SSSR count). The zero-order valence-corrected chi connectivity index (χ0v) is 14.8. The lowest BCUT2D eigenvalue weighted by molar-refractivity contribution is -0.146. The fraction of sp³-hybridized carbons (Fsp3) is 0.438. The number of aromatic nitrogens is 3. The van der Waals surface area contributed by atoms with E-state index >= 15 is 0 Å². The van der Waals surface area contributed by atoms with Gasteiger partial charge >= 0.3 is 6.18 Å². The third-order valence-electron chi connectivity index (χ3n) is 4.26. The van der Waals surface area contributed by atoms with Crippen LogP contribution in [0, 0.1) is 0 Å². The molecule has 0 radical (unpaired) electrons. The molecule has 6 nitrogen and oxygen atoms in total. The van der Waals surface area contributed by atoms with Crippen LogP contribution in [0.25, 0.3) is 0 Å². The Hall–Kier alpha value is -2.23. The average Bonchev–Trinajstić information content (AvgIpc) is 2.96. The summed E-state index contributed by atoms with van der Waals surface area (Å²) in [6.07, 6.45) is -1.93. The predicted octanol–water partition coefficient (Wildman–Crippen LogP) is 2.69. The van der Waals surface area contributed by atoms with Crippen LogP contribution in [0.1, 0.15) is 42.8 Å². The second kappa shape index (κ2) is 7.18. The predicted molar refractivity (Wildman–Crippen MR) is 90.8 cm³/mol. The van der Waals surface area contributed by atoms with E-state index < -0.39 is 17.3 Å². The average molecular weight is 385 g/mol. The number of thioether (sulfide) groups is 1. The number of halogens is 3. The molecule has 1 heterocycles. The number of fused-ring (bicyclic) bond motifs is 1. The number of hydrogen-bond acceptors (Lipinski definition) is 5. The largest absolute Gasteiger partial charge is 0.453 e. The molecule has 0 spiro atoms. The first-order chi connectivity index (χ1) is 12.3. The highest BCUT2D eigenvalue weighted by Crippen LogP contribution is 2.32. The molecule has 1 aromatic carbocycles. The van der Waals surface area contributed by atoms with Crippen LogP contribution in [-0.4, -0.2) is 26.0 Å². The van der Waals surface area contributed by atoms with Gasteiger partial charge in [-0.2, -0.15) is 13.2 Å². The number of amides is 1. The van der Waals surface area contributed by atoms with Crippen LogP contribution < -0.4 is 11.2 Å². The number of hydrogen-bond donors (Lipinski definition) is 2. The van der Waals surface area contributed by atoms with Gasteiger partial charge in [-0.05, 0) is 37.3 Å². The van der Waals surface area contributed by atoms with Crippen LogP contribution in [0.5, 0.6) is 0 Å². The first kappa shape index (κ1) is 18.6. The van der Waals surface area contributed by atoms with Gasteiger partial charge in [0, 0.05) is 0 Å². The number of nitrogens with zero attached hydrogens (tertiary/aromatic N) is 3. The number of alkyl halides is 3. The second-order valence-electron chi connectivity index (χ2n) is 6.09. The molecule has 26 heavy (non-hydrogen) atoms. The Labute approximate surface area is 152 Å². The van der Waals surface area contributed by atoms with Crippen molar-refractivity contribution in [2.24, 2.45) is 0 Å². The van der Waals surface area contributed by atoms with Crippen molar-refractivity contribution < 1.29 is 18.0 Å². The molecule has 0 fully saturated rings. The van der Waals surface area contributed by atoms with Gasteiger partial charge in [0.1, 0.15) is 0 Å². The monoisotopic (exact) mass is 385 g/mol. The van der Waals surface area contributed by atoms with Crippen LogP contribution >= 0.6 is 11.8 Å². The number of carbonyl (C=O) groups excluding carboxylic acids is 1. The van der Waals surface area contributed by atoms with Crippen molar-refractivity contribution in [1.82, 2.24) is 20.2 Å². The molecule has 0 saturated heterocycles. The Morgan fingerprint density at radius 1 is 1.38 bits per heavy atom. The summed E-state index contributed by atoms with van der Waals surface area (Å²) in [5.74, 6) is 3.82. The minimum absolute atomic E-state index is 0.100. The Morgan fingerprint density at radius 2 is 2.12 bits per heavy atom. The molecule has 3 N–H and O–H groups in total. The third kappa shape index (κ3) is 3.79. The Morgan fingerprint density at radius 3 is 2.81 bits per heavy atom. The Balaban J connectivity index is 1.67. The maximum atomic E-state index is 12.7. The van der Waals surface area contributed by atoms with Gasteiger partial charge in [0.15, 0.2) is 0 Å². The van der Waals surface area contributed by atoms with E-state index in [1.807, 2.05) is 24.3 Å². The standard InChI is InChI=1S/C16H18F3N5OS/c1-9(26-15-23-22-14(24(15)20)16(17,18)19)13(25)21-12-8-4-6-10-5-2-3-7-11(10)12/h2-3,5,7,9,12H,4,6,8,20H2,1H3,(H,21,25)/t9-,12+/m1/s1. The molecule has 1 aliphatic carbocycles. The van der Waals surface area contributed by atoms with Crippen LogP contribution in [0.4, 0.5) is 13.2 Å². The number of nitrogens with two attached hydrogens (primary N) is 1. The summed E-state index contributed by atoms with van der Waals surface area (Å²) in [5, 5.41) is 8.63. The highest BCUT2D eigenvalue weighted by Gasteiger charge is 2.38. The molecular formula is C16H18F3N5OS. The van der Waals surface area contributed by atoms with Crippen molar-refractivity contribution in [3.8, 4) is 0 Å². The smallest absolute Gasteiger partial charge is 0.348 e. The van der Waals surface area contributed by atoms with Gasteiger partial charge in [0.2, 0.25) is 11.1 Å². The summed E-state index contributed by atoms with van der Waals surface area (Å²) >= 11 is 0.837. The number of rotatable bonds is 4. The molecule has 0 saturated carbocycles. The lowest BCUT2D eigenvalue weighted by Gasteiger charge is -2.27. The van der Waals surface area contributed by atoms with E-state index in [0.29, 0.717) is 4.68 Å². The first-order valence-corrected chi connectivity index (χ1v) is 8.98. The van der Waals surface area contributed by atoms with Crippen molar-refractivity contribution >= 4 is 17.7 Å². The van der Waals surface area contributed by atoms with E-state index in [4.69, 9.17) is 5.84 Å². The highest BCUT2D eigenvalue weighted by atomic mass is 32.2. The molecule has 1 amide bonds. The fourth-order valence-electron chi connectivity index (χ4n) is 2.96. The summed E-state index contributed by atoms with van der Waals surface area (Å²) in [6, 6.07) is 7.83. The van der Waals surface area contributed by atoms with E-state index in [9.17, 15) is 18.0 Å². The van der Waals surface area contributed by atoms with Crippen LogP contribution in [0.15, 0.2) is 29.4 Å². The Bertz CT molecular complexity index is 807. The second-order valence-corrected chi connectivity index (χ2v) is 7.39. The van der Waals surface area contributed by atoms with Crippen molar-refractivity contribution in [3.05, 3.63) is 41.2 Å². The zero-order valence-electron chi connectivity index (χ0n) is 14.0. The van der Waals surface area contributed by atoms with Crippen LogP contribution in [-0.2, 0) is 17.4 Å². The number of carbonyl (C=O) groups is 1. The van der Waals surface area contributed by atoms with Gasteiger partial charge in [-0.3, -0.25) is 4.79 Å². The van der Waals surface area contributed by atoms with Crippen molar-refractivity contribution in [2.45, 2.75) is 48.8 Å². The highest BCUT2D eigenvalue weighted by molar-refractivity contribution is 8.00. The van der Waals surface area contributed by atoms with E-state index in [1.165, 1.54) is 5.56 Å². The molecule has 140 valence electrons. The maximum absolute atomic E-state index is 12.7. The molecule has 0 bridgehead atoms. The Kier molecular flexibility index (Phi) is 5.12. The molecule has 1 aliphatic rings. The summed E-state index contributed by atoms with van der Waals surface area (Å²) < 4.78 is 38.5. The quantitative estimate of drug-likeness (QED) is 0.624. The van der Waals surface area contributed by atoms with Crippen molar-refractivity contribution in [1.29, 1.82) is 0 Å². The summed E-state index contributed by atoms with van der Waals surface area (Å²) in [4.78, 5) is 12.5. The molecule has 2 aromatic rings. The van der Waals surface area contributed by atoms with Crippen molar-refractivity contribution in [3.63, 3.8) is 0 Å². The molecule has 0 unspecified atom stereocenters. The van der Waals surface area contributed by atoms with Gasteiger partial charge in [0.25, 0.3) is 5.82 Å². The number of nitrogens with one attached hydrogen (secondary N) is 1. The molecule has 1 aromatic heterocycles. The van der Waals surface area contributed by atoms with Gasteiger partial charge in [0.05, 0.1) is 11.3 Å². The maximum Gasteiger partial charge on any atom is 0.453 e. The molecule has 2 atom stereocenters. The SMILES string of the molecule is C[C@@H](Sc1nnc(C(F)(F)F)n1N)C(=O)N[C@H]1CCCc2ccccc21. The van der Waals surface area contributed by atoms with Gasteiger partial charge in [-0.25, -0.2) is 4.68 Å². The minimum Gasteiger partial charge on any atom is -0.348 e. The van der Waals surface area contributed by atoms with Gasteiger partial charge in [-0.15, -0.1) is 10.2 Å². The van der Waals surface area contributed by atoms with E-state index in [2.05, 4.69) is 15.5 Å². The number of benzene rings is 1. The number of nitrogen functional groups attached to an aromatic ring is 1. The summed E-state index contributed by atoms with van der Waals surface area (Å²) in [5.41, 5.74) is 2.30. The van der Waals surface area contributed by atoms with Gasteiger partial charge < -0.3 is 11.2 Å². The summed E-state index contributed by atoms with van der Waals surface area (Å²) in [7, 11) is 0. The summed E-state index contributed by atoms with van der Waals surface area (Å²) in [6.45, 7) is 1.59. The zero-order chi connectivity index (χ0) is 18.9. The normalized spacial score (nSPS) is 18.2. The van der Waals surface area contributed by atoms with E-state index in [-0.39, 0.29) is 17.1 Å². The minimum atomic E-state index is -4.70. The van der Waals surface area contributed by atoms with Crippen molar-refractivity contribution in [2.75, 3.05) is 5.84 Å². The van der Waals surface area contributed by atoms with Crippen LogP contribution in [0.3, 0.4) is 0 Å². The lowest BCUT2D eigenvalue weighted by atomic mass is 9.88. The fourth-order valence-corrected chi connectivity index (χ4v) is 3.73. The lowest BCUT2D eigenvalue weighted by Crippen LogP contribution is -2.36.